The summed E-state index contributed by atoms with van der Waals surface area (Å²) in [7, 11) is 1.53. The highest BCUT2D eigenvalue weighted by molar-refractivity contribution is 5.91. The Hall–Kier alpha value is -1.69. The van der Waals surface area contributed by atoms with Gasteiger partial charge in [0.25, 0.3) is 5.91 Å². The van der Waals surface area contributed by atoms with E-state index in [9.17, 15) is 9.18 Å². The number of aromatic nitrogens is 1. The van der Waals surface area contributed by atoms with E-state index < -0.39 is 12.3 Å². The highest BCUT2D eigenvalue weighted by atomic mass is 19.1. The van der Waals surface area contributed by atoms with Crippen LogP contribution in [-0.4, -0.2) is 43.3 Å². The van der Waals surface area contributed by atoms with Crippen LogP contribution in [0, 0.1) is 0 Å². The molecule has 1 aliphatic heterocycles. The lowest BCUT2D eigenvalue weighted by Crippen LogP contribution is -2.27. The zero-order valence-electron chi connectivity index (χ0n) is 9.44. The minimum Gasteiger partial charge on any atom is -0.484 e. The van der Waals surface area contributed by atoms with Crippen LogP contribution in [0.15, 0.2) is 18.3 Å². The van der Waals surface area contributed by atoms with Gasteiger partial charge in [0, 0.05) is 20.1 Å². The van der Waals surface area contributed by atoms with Crippen molar-refractivity contribution >= 4 is 5.91 Å². The average molecular weight is 239 g/mol. The number of pyridine rings is 1. The molecule has 0 spiro atoms. The molecule has 1 aromatic rings. The second-order valence-corrected chi connectivity index (χ2v) is 3.79. The molecule has 2 atom stereocenters. The molecule has 1 saturated heterocycles. The van der Waals surface area contributed by atoms with Crippen molar-refractivity contribution in [3.63, 3.8) is 0 Å². The molecule has 5 nitrogen and oxygen atoms in total. The topological polar surface area (TPSA) is 63.2 Å². The van der Waals surface area contributed by atoms with Crippen molar-refractivity contribution < 1.29 is 13.9 Å². The Labute approximate surface area is 98.4 Å². The van der Waals surface area contributed by atoms with Gasteiger partial charge in [0.2, 0.25) is 0 Å². The molecule has 0 aliphatic carbocycles. The molecule has 0 bridgehead atoms. The van der Waals surface area contributed by atoms with Crippen molar-refractivity contribution in [1.29, 1.82) is 0 Å². The van der Waals surface area contributed by atoms with E-state index in [-0.39, 0.29) is 5.91 Å². The first kappa shape index (κ1) is 11.8. The number of carbonyl (C=O) groups excluding carboxylic acids is 1. The van der Waals surface area contributed by atoms with Gasteiger partial charge in [0.05, 0.1) is 6.20 Å². The lowest BCUT2D eigenvalue weighted by Gasteiger charge is -2.14. The molecule has 2 rings (SSSR count). The molecule has 1 amide bonds. The Balaban J connectivity index is 2.00. The van der Waals surface area contributed by atoms with Crippen molar-refractivity contribution in [2.24, 2.45) is 0 Å². The lowest BCUT2D eigenvalue weighted by atomic mass is 10.3. The largest absolute Gasteiger partial charge is 0.484 e. The van der Waals surface area contributed by atoms with E-state index in [2.05, 4.69) is 15.6 Å². The molecular weight excluding hydrogens is 225 g/mol. The minimum absolute atomic E-state index is 0.262. The first-order valence-corrected chi connectivity index (χ1v) is 5.40. The van der Waals surface area contributed by atoms with Gasteiger partial charge in [-0.05, 0) is 12.1 Å². The maximum Gasteiger partial charge on any atom is 0.269 e. The molecule has 17 heavy (non-hydrogen) atoms. The fourth-order valence-corrected chi connectivity index (χ4v) is 1.63. The number of rotatable bonds is 3. The fraction of sp³-hybridized carbons (Fsp3) is 0.455. The summed E-state index contributed by atoms with van der Waals surface area (Å²) in [5, 5.41) is 5.37. The van der Waals surface area contributed by atoms with Crippen LogP contribution >= 0.6 is 0 Å². The Kier molecular flexibility index (Phi) is 3.53. The summed E-state index contributed by atoms with van der Waals surface area (Å²) in [5.41, 5.74) is 0.307. The van der Waals surface area contributed by atoms with Crippen LogP contribution < -0.4 is 15.4 Å². The van der Waals surface area contributed by atoms with Crippen LogP contribution in [0.4, 0.5) is 4.39 Å². The zero-order valence-corrected chi connectivity index (χ0v) is 9.44. The number of hydrogen-bond acceptors (Lipinski definition) is 4. The highest BCUT2D eigenvalue weighted by Crippen LogP contribution is 2.16. The molecule has 6 heteroatoms. The number of alkyl halides is 1. The van der Waals surface area contributed by atoms with E-state index in [0.29, 0.717) is 24.5 Å². The van der Waals surface area contributed by atoms with Gasteiger partial charge in [-0.3, -0.25) is 4.79 Å². The van der Waals surface area contributed by atoms with Crippen LogP contribution in [-0.2, 0) is 0 Å². The SMILES string of the molecule is CNC(=O)c1ccc(O[C@@H]2CNC[C@H]2F)cn1. The van der Waals surface area contributed by atoms with Gasteiger partial charge in [-0.1, -0.05) is 0 Å². The quantitative estimate of drug-likeness (QED) is 0.787. The summed E-state index contributed by atoms with van der Waals surface area (Å²) >= 11 is 0. The smallest absolute Gasteiger partial charge is 0.269 e. The van der Waals surface area contributed by atoms with E-state index in [1.807, 2.05) is 0 Å². The molecule has 0 aromatic carbocycles. The molecule has 0 radical (unpaired) electrons. The van der Waals surface area contributed by atoms with Gasteiger partial charge < -0.3 is 15.4 Å². The van der Waals surface area contributed by atoms with Crippen molar-refractivity contribution in [2.45, 2.75) is 12.3 Å². The molecule has 1 fully saturated rings. The first-order valence-electron chi connectivity index (χ1n) is 5.40. The molecule has 0 saturated carbocycles. The molecule has 2 N–H and O–H groups in total. The molecule has 1 aromatic heterocycles. The number of hydrogen-bond donors (Lipinski definition) is 2. The van der Waals surface area contributed by atoms with Gasteiger partial charge in [0.1, 0.15) is 17.5 Å². The van der Waals surface area contributed by atoms with E-state index in [0.717, 1.165) is 0 Å². The second kappa shape index (κ2) is 5.09. The van der Waals surface area contributed by atoms with Crippen LogP contribution in [0.3, 0.4) is 0 Å². The van der Waals surface area contributed by atoms with Gasteiger partial charge in [-0.2, -0.15) is 0 Å². The summed E-state index contributed by atoms with van der Waals surface area (Å²) in [5.74, 6) is 0.205. The summed E-state index contributed by atoms with van der Waals surface area (Å²) in [6.45, 7) is 0.798. The minimum atomic E-state index is -1.01. The van der Waals surface area contributed by atoms with Crippen LogP contribution in [0.1, 0.15) is 10.5 Å². The van der Waals surface area contributed by atoms with Gasteiger partial charge in [0.15, 0.2) is 6.17 Å². The second-order valence-electron chi connectivity index (χ2n) is 3.79. The van der Waals surface area contributed by atoms with Gasteiger partial charge >= 0.3 is 0 Å². The number of carbonyl (C=O) groups is 1. The van der Waals surface area contributed by atoms with E-state index >= 15 is 0 Å². The molecule has 92 valence electrons. The predicted molar refractivity (Wildman–Crippen MR) is 59.8 cm³/mol. The van der Waals surface area contributed by atoms with Crippen molar-refractivity contribution in [1.82, 2.24) is 15.6 Å². The molecular formula is C11H14FN3O2. The number of ether oxygens (including phenoxy) is 1. The Bertz CT molecular complexity index is 396. The monoisotopic (exact) mass is 239 g/mol. The number of nitrogens with one attached hydrogen (secondary N) is 2. The summed E-state index contributed by atoms with van der Waals surface area (Å²) < 4.78 is 18.7. The third kappa shape index (κ3) is 2.71. The third-order valence-corrected chi connectivity index (χ3v) is 2.57. The maximum atomic E-state index is 13.3. The standard InChI is InChI=1S/C11H14FN3O2/c1-13-11(16)9-3-2-7(4-15-9)17-10-6-14-5-8(10)12/h2-4,8,10,14H,5-6H2,1H3,(H,13,16)/t8-,10-/m1/s1. The third-order valence-electron chi connectivity index (χ3n) is 2.57. The number of nitrogens with zero attached hydrogens (tertiary/aromatic N) is 1. The van der Waals surface area contributed by atoms with E-state index in [4.69, 9.17) is 4.74 Å². The number of amides is 1. The summed E-state index contributed by atoms with van der Waals surface area (Å²) in [6.07, 6.45) is -0.0634. The lowest BCUT2D eigenvalue weighted by molar-refractivity contribution is 0.0957. The van der Waals surface area contributed by atoms with Gasteiger partial charge in [-0.25, -0.2) is 9.37 Å². The molecule has 0 unspecified atom stereocenters. The molecule has 1 aliphatic rings. The van der Waals surface area contributed by atoms with Gasteiger partial charge in [-0.15, -0.1) is 0 Å². The number of halogens is 1. The first-order chi connectivity index (χ1) is 8.20. The average Bonchev–Trinajstić information content (AvgIpc) is 2.75. The Morgan fingerprint density at radius 2 is 2.41 bits per heavy atom. The highest BCUT2D eigenvalue weighted by Gasteiger charge is 2.28. The normalized spacial score (nSPS) is 23.4. The Morgan fingerprint density at radius 3 is 2.94 bits per heavy atom. The predicted octanol–water partition coefficient (Wildman–Crippen LogP) is 0.130. The van der Waals surface area contributed by atoms with Crippen molar-refractivity contribution in [3.8, 4) is 5.75 Å². The Morgan fingerprint density at radius 1 is 1.59 bits per heavy atom. The molecule has 2 heterocycles. The van der Waals surface area contributed by atoms with Crippen LogP contribution in [0.25, 0.3) is 0 Å². The summed E-state index contributed by atoms with van der Waals surface area (Å²) in [4.78, 5) is 15.2. The van der Waals surface area contributed by atoms with Crippen LogP contribution in [0.2, 0.25) is 0 Å². The van der Waals surface area contributed by atoms with E-state index in [1.165, 1.54) is 13.2 Å². The van der Waals surface area contributed by atoms with Crippen LogP contribution in [0.5, 0.6) is 5.75 Å². The fourth-order valence-electron chi connectivity index (χ4n) is 1.63. The van der Waals surface area contributed by atoms with E-state index in [1.54, 1.807) is 12.1 Å². The zero-order chi connectivity index (χ0) is 12.3. The maximum absolute atomic E-state index is 13.3. The van der Waals surface area contributed by atoms with Crippen molar-refractivity contribution in [3.05, 3.63) is 24.0 Å². The summed E-state index contributed by atoms with van der Waals surface area (Å²) in [6, 6.07) is 3.16. The van der Waals surface area contributed by atoms with Crippen molar-refractivity contribution in [2.75, 3.05) is 20.1 Å².